The van der Waals surface area contributed by atoms with E-state index in [0.717, 1.165) is 62.2 Å². The van der Waals surface area contributed by atoms with E-state index in [1.165, 1.54) is 5.56 Å². The molecule has 3 unspecified atom stereocenters. The van der Waals surface area contributed by atoms with Crippen molar-refractivity contribution in [3.8, 4) is 11.5 Å². The zero-order valence-corrected chi connectivity index (χ0v) is 22.0. The number of guanidine groups is 1. The molecule has 180 valence electrons. The number of halogens is 1. The Bertz CT molecular complexity index is 890. The van der Waals surface area contributed by atoms with Gasteiger partial charge in [0, 0.05) is 69.1 Å². The molecule has 0 amide bonds. The van der Waals surface area contributed by atoms with Gasteiger partial charge in [0.25, 0.3) is 0 Å². The minimum Gasteiger partial charge on any atom is -0.497 e. The highest BCUT2D eigenvalue weighted by molar-refractivity contribution is 14.0. The van der Waals surface area contributed by atoms with Gasteiger partial charge in [0.2, 0.25) is 0 Å². The smallest absolute Gasteiger partial charge is 0.191 e. The molecule has 7 nitrogen and oxygen atoms in total. The average molecular weight is 566 g/mol. The molecule has 2 aliphatic heterocycles. The normalized spacial score (nSPS) is 22.6. The molecule has 3 atom stereocenters. The average Bonchev–Trinajstić information content (AvgIpc) is 3.51. The minimum absolute atomic E-state index is 0. The van der Waals surface area contributed by atoms with Crippen LogP contribution in [0.4, 0.5) is 5.69 Å². The number of hydrogen-bond acceptors (Lipinski definition) is 5. The fourth-order valence-corrected chi connectivity index (χ4v) is 4.56. The number of benzene rings is 2. The second kappa shape index (κ2) is 12.3. The molecule has 0 aliphatic carbocycles. The van der Waals surface area contributed by atoms with E-state index in [4.69, 9.17) is 14.2 Å². The number of methoxy groups -OCH3 is 2. The third-order valence-corrected chi connectivity index (χ3v) is 6.33. The Morgan fingerprint density at radius 3 is 2.48 bits per heavy atom. The zero-order chi connectivity index (χ0) is 22.3. The molecule has 2 fully saturated rings. The molecule has 0 spiro atoms. The first-order valence-corrected chi connectivity index (χ1v) is 11.3. The molecule has 4 rings (SSSR count). The second-order valence-electron chi connectivity index (χ2n) is 8.35. The van der Waals surface area contributed by atoms with Crippen LogP contribution < -0.4 is 25.0 Å². The number of rotatable bonds is 7. The van der Waals surface area contributed by atoms with E-state index in [1.54, 1.807) is 14.2 Å². The van der Waals surface area contributed by atoms with Gasteiger partial charge in [0.15, 0.2) is 5.96 Å². The SMILES string of the molecule is CN=C(NCC1CCOC1c1ccccc1)NC1CCN(c2cc(OC)cc(OC)c2)C1.I. The maximum atomic E-state index is 6.02. The molecule has 0 saturated carbocycles. The van der Waals surface area contributed by atoms with Gasteiger partial charge in [-0.15, -0.1) is 24.0 Å². The summed E-state index contributed by atoms with van der Waals surface area (Å²) in [6.45, 7) is 3.51. The van der Waals surface area contributed by atoms with Gasteiger partial charge in [-0.1, -0.05) is 30.3 Å². The summed E-state index contributed by atoms with van der Waals surface area (Å²) in [6.07, 6.45) is 2.24. The quantitative estimate of drug-likeness (QED) is 0.302. The Hall–Kier alpha value is -2.20. The summed E-state index contributed by atoms with van der Waals surface area (Å²) >= 11 is 0. The third kappa shape index (κ3) is 6.44. The highest BCUT2D eigenvalue weighted by Gasteiger charge is 2.30. The van der Waals surface area contributed by atoms with Crippen molar-refractivity contribution in [1.29, 1.82) is 0 Å². The van der Waals surface area contributed by atoms with Crippen LogP contribution in [-0.4, -0.2) is 59.5 Å². The Morgan fingerprint density at radius 2 is 1.82 bits per heavy atom. The van der Waals surface area contributed by atoms with Crippen molar-refractivity contribution >= 4 is 35.6 Å². The zero-order valence-electron chi connectivity index (χ0n) is 19.6. The lowest BCUT2D eigenvalue weighted by atomic mass is 9.95. The highest BCUT2D eigenvalue weighted by Crippen LogP contribution is 2.34. The van der Waals surface area contributed by atoms with E-state index in [-0.39, 0.29) is 30.1 Å². The van der Waals surface area contributed by atoms with Crippen LogP contribution in [0.1, 0.15) is 24.5 Å². The van der Waals surface area contributed by atoms with Crippen LogP contribution >= 0.6 is 24.0 Å². The van der Waals surface area contributed by atoms with Crippen LogP contribution in [0, 0.1) is 5.92 Å². The number of aliphatic imine (C=N–C) groups is 1. The fourth-order valence-electron chi connectivity index (χ4n) is 4.56. The van der Waals surface area contributed by atoms with Crippen molar-refractivity contribution in [2.24, 2.45) is 10.9 Å². The molecular formula is C25H35IN4O3. The minimum atomic E-state index is 0. The van der Waals surface area contributed by atoms with E-state index in [0.29, 0.717) is 12.0 Å². The molecule has 2 aromatic rings. The molecule has 2 N–H and O–H groups in total. The lowest BCUT2D eigenvalue weighted by Crippen LogP contribution is -2.46. The number of anilines is 1. The molecule has 0 radical (unpaired) electrons. The Balaban J connectivity index is 0.00000306. The van der Waals surface area contributed by atoms with Crippen LogP contribution in [0.15, 0.2) is 53.5 Å². The first-order chi connectivity index (χ1) is 15.7. The standard InChI is InChI=1S/C25H34N4O3.HI/c1-26-25(27-16-19-10-12-32-24(19)18-7-5-4-6-8-18)28-20-9-11-29(17-20)21-13-22(30-2)15-23(14-21)31-3;/h4-8,13-15,19-20,24H,9-12,16-17H2,1-3H3,(H2,26,27,28);1H. The number of nitrogens with zero attached hydrogens (tertiary/aromatic N) is 2. The number of hydrogen-bond donors (Lipinski definition) is 2. The van der Waals surface area contributed by atoms with E-state index < -0.39 is 0 Å². The molecule has 0 aromatic heterocycles. The Morgan fingerprint density at radius 1 is 1.09 bits per heavy atom. The van der Waals surface area contributed by atoms with E-state index >= 15 is 0 Å². The molecule has 2 aromatic carbocycles. The highest BCUT2D eigenvalue weighted by atomic mass is 127. The van der Waals surface area contributed by atoms with Gasteiger partial charge in [-0.2, -0.15) is 0 Å². The van der Waals surface area contributed by atoms with Crippen molar-refractivity contribution in [2.45, 2.75) is 25.0 Å². The van der Waals surface area contributed by atoms with E-state index in [2.05, 4.69) is 56.9 Å². The van der Waals surface area contributed by atoms with Crippen LogP contribution in [0.2, 0.25) is 0 Å². The maximum Gasteiger partial charge on any atom is 0.191 e. The summed E-state index contributed by atoms with van der Waals surface area (Å²) in [6, 6.07) is 16.8. The summed E-state index contributed by atoms with van der Waals surface area (Å²) < 4.78 is 16.9. The van der Waals surface area contributed by atoms with E-state index in [9.17, 15) is 0 Å². The van der Waals surface area contributed by atoms with Gasteiger partial charge in [-0.05, 0) is 18.4 Å². The number of ether oxygens (including phenoxy) is 3. The summed E-state index contributed by atoms with van der Waals surface area (Å²) in [7, 11) is 5.19. The van der Waals surface area contributed by atoms with E-state index in [1.807, 2.05) is 19.2 Å². The predicted molar refractivity (Wildman–Crippen MR) is 143 cm³/mol. The summed E-state index contributed by atoms with van der Waals surface area (Å²) in [5, 5.41) is 7.12. The molecule has 8 heteroatoms. The molecule has 33 heavy (non-hydrogen) atoms. The van der Waals surface area contributed by atoms with Gasteiger partial charge < -0.3 is 29.7 Å². The predicted octanol–water partition coefficient (Wildman–Crippen LogP) is 3.84. The Kier molecular flexibility index (Phi) is 9.49. The van der Waals surface area contributed by atoms with Crippen molar-refractivity contribution in [1.82, 2.24) is 10.6 Å². The van der Waals surface area contributed by atoms with Gasteiger partial charge in [-0.25, -0.2) is 0 Å². The summed E-state index contributed by atoms with van der Waals surface area (Å²) in [5.74, 6) is 2.89. The van der Waals surface area contributed by atoms with Gasteiger partial charge in [-0.3, -0.25) is 4.99 Å². The van der Waals surface area contributed by atoms with Crippen molar-refractivity contribution in [2.75, 3.05) is 52.4 Å². The summed E-state index contributed by atoms with van der Waals surface area (Å²) in [4.78, 5) is 6.81. The molecular weight excluding hydrogens is 531 g/mol. The van der Waals surface area contributed by atoms with Crippen LogP contribution in [-0.2, 0) is 4.74 Å². The molecule has 2 aliphatic rings. The maximum absolute atomic E-state index is 6.02. The second-order valence-corrected chi connectivity index (χ2v) is 8.35. The molecule has 2 saturated heterocycles. The first kappa shape index (κ1) is 25.4. The van der Waals surface area contributed by atoms with Gasteiger partial charge >= 0.3 is 0 Å². The third-order valence-electron chi connectivity index (χ3n) is 6.33. The largest absolute Gasteiger partial charge is 0.497 e. The van der Waals surface area contributed by atoms with Crippen molar-refractivity contribution in [3.63, 3.8) is 0 Å². The monoisotopic (exact) mass is 566 g/mol. The Labute approximate surface area is 213 Å². The molecule has 0 bridgehead atoms. The van der Waals surface area contributed by atoms with Crippen LogP contribution in [0.3, 0.4) is 0 Å². The van der Waals surface area contributed by atoms with Crippen LogP contribution in [0.5, 0.6) is 11.5 Å². The van der Waals surface area contributed by atoms with Crippen molar-refractivity contribution in [3.05, 3.63) is 54.1 Å². The topological polar surface area (TPSA) is 67.4 Å². The first-order valence-electron chi connectivity index (χ1n) is 11.3. The van der Waals surface area contributed by atoms with Gasteiger partial charge in [0.05, 0.1) is 20.3 Å². The molecule has 2 heterocycles. The van der Waals surface area contributed by atoms with Crippen molar-refractivity contribution < 1.29 is 14.2 Å². The number of nitrogens with one attached hydrogen (secondary N) is 2. The fraction of sp³-hybridized carbons (Fsp3) is 0.480. The van der Waals surface area contributed by atoms with Gasteiger partial charge in [0.1, 0.15) is 11.5 Å². The summed E-state index contributed by atoms with van der Waals surface area (Å²) in [5.41, 5.74) is 2.36. The van der Waals surface area contributed by atoms with Crippen LogP contribution in [0.25, 0.3) is 0 Å². The lowest BCUT2D eigenvalue weighted by Gasteiger charge is -2.23. The lowest BCUT2D eigenvalue weighted by molar-refractivity contribution is 0.0915.